The summed E-state index contributed by atoms with van der Waals surface area (Å²) in [5, 5.41) is 13.7. The maximum atomic E-state index is 9.90. The highest BCUT2D eigenvalue weighted by Gasteiger charge is 1.91. The van der Waals surface area contributed by atoms with Gasteiger partial charge in [-0.2, -0.15) is 0 Å². The summed E-state index contributed by atoms with van der Waals surface area (Å²) in [6.07, 6.45) is 0.694. The Morgan fingerprint density at radius 2 is 2.64 bits per heavy atom. The van der Waals surface area contributed by atoms with Gasteiger partial charge in [0.15, 0.2) is 6.21 Å². The fraction of sp³-hybridized carbons (Fsp3) is 0. The Bertz CT molecular complexity index is 255. The van der Waals surface area contributed by atoms with Crippen LogP contribution in [0.25, 0.3) is 0 Å². The van der Waals surface area contributed by atoms with E-state index in [9.17, 15) is 4.79 Å². The molecule has 1 rings (SSSR count). The highest BCUT2D eigenvalue weighted by atomic mass is 32.1. The summed E-state index contributed by atoms with van der Waals surface area (Å²) in [6.45, 7) is 0. The molecule has 0 aliphatic carbocycles. The van der Waals surface area contributed by atoms with E-state index in [1.54, 1.807) is 12.1 Å². The van der Waals surface area contributed by atoms with Gasteiger partial charge in [-0.3, -0.25) is 0 Å². The van der Waals surface area contributed by atoms with E-state index < -0.39 is 5.97 Å². The van der Waals surface area contributed by atoms with Crippen molar-refractivity contribution in [1.29, 1.82) is 0 Å². The summed E-state index contributed by atoms with van der Waals surface area (Å²) in [5.74, 6) is -1.12. The minimum absolute atomic E-state index is 0.572. The predicted octanol–water partition coefficient (Wildman–Crippen LogP) is 1.20. The zero-order valence-electron chi connectivity index (χ0n) is 5.43. The summed E-state index contributed by atoms with van der Waals surface area (Å²) in [4.78, 5) is 14.6. The van der Waals surface area contributed by atoms with Crippen LogP contribution >= 0.6 is 11.3 Å². The van der Waals surface area contributed by atoms with Gasteiger partial charge in [0.1, 0.15) is 0 Å². The Hall–Kier alpha value is -1.36. The molecule has 0 aromatic carbocycles. The van der Waals surface area contributed by atoms with Crippen molar-refractivity contribution < 1.29 is 14.7 Å². The smallest absolute Gasteiger partial charge is 0.350 e. The highest BCUT2D eigenvalue weighted by molar-refractivity contribution is 7.11. The third-order valence-electron chi connectivity index (χ3n) is 0.801. The number of carbonyl (C=O) groups is 1. The maximum absolute atomic E-state index is 9.90. The second kappa shape index (κ2) is 3.72. The lowest BCUT2D eigenvalue weighted by molar-refractivity contribution is -0.128. The molecule has 0 atom stereocenters. The van der Waals surface area contributed by atoms with Crippen LogP contribution in [0.4, 0.5) is 0 Å². The molecule has 1 aromatic rings. The minimum Gasteiger partial charge on any atom is -0.477 e. The Labute approximate surface area is 66.7 Å². The highest BCUT2D eigenvalue weighted by Crippen LogP contribution is 2.17. The zero-order chi connectivity index (χ0) is 8.10. The monoisotopic (exact) mass is 171 g/mol. The van der Waals surface area contributed by atoms with Crippen molar-refractivity contribution in [1.82, 2.24) is 0 Å². The van der Waals surface area contributed by atoms with Crippen molar-refractivity contribution in [3.05, 3.63) is 17.5 Å². The lowest BCUT2D eigenvalue weighted by Gasteiger charge is -1.88. The molecule has 0 bridgehead atoms. The van der Waals surface area contributed by atoms with Crippen molar-refractivity contribution in [3.8, 4) is 5.06 Å². The van der Waals surface area contributed by atoms with E-state index >= 15 is 0 Å². The van der Waals surface area contributed by atoms with Crippen LogP contribution in [0.5, 0.6) is 5.06 Å². The summed E-state index contributed by atoms with van der Waals surface area (Å²) in [6, 6.07) is 3.49. The summed E-state index contributed by atoms with van der Waals surface area (Å²) in [7, 11) is 0. The number of carboxylic acids is 1. The molecule has 0 aliphatic rings. The number of oxime groups is 1. The first-order chi connectivity index (χ1) is 5.29. The second-order valence-electron chi connectivity index (χ2n) is 1.60. The number of thiophene rings is 1. The Morgan fingerprint density at radius 1 is 1.82 bits per heavy atom. The van der Waals surface area contributed by atoms with Crippen molar-refractivity contribution in [2.45, 2.75) is 0 Å². The molecule has 58 valence electrons. The van der Waals surface area contributed by atoms with Crippen molar-refractivity contribution in [2.75, 3.05) is 0 Å². The van der Waals surface area contributed by atoms with Crippen molar-refractivity contribution in [3.63, 3.8) is 0 Å². The quantitative estimate of drug-likeness (QED) is 0.549. The van der Waals surface area contributed by atoms with Crippen LogP contribution in [0.2, 0.25) is 0 Å². The maximum Gasteiger partial charge on any atom is 0.350 e. The normalized spacial score (nSPS) is 10.2. The molecule has 5 heteroatoms. The number of aliphatic carboxylic acids is 1. The van der Waals surface area contributed by atoms with E-state index in [4.69, 9.17) is 5.11 Å². The summed E-state index contributed by atoms with van der Waals surface area (Å²) >= 11 is 1.35. The molecule has 0 fully saturated rings. The fourth-order valence-corrected chi connectivity index (χ4v) is 0.973. The zero-order valence-corrected chi connectivity index (χ0v) is 6.25. The van der Waals surface area contributed by atoms with Gasteiger partial charge in [-0.25, -0.2) is 4.79 Å². The number of hydrogen-bond donors (Lipinski definition) is 1. The fourth-order valence-electron chi connectivity index (χ4n) is 0.439. The molecular weight excluding hydrogens is 166 g/mol. The van der Waals surface area contributed by atoms with Gasteiger partial charge < -0.3 is 9.94 Å². The van der Waals surface area contributed by atoms with Gasteiger partial charge in [0.05, 0.1) is 0 Å². The van der Waals surface area contributed by atoms with Crippen LogP contribution in [0.15, 0.2) is 22.7 Å². The summed E-state index contributed by atoms with van der Waals surface area (Å²) < 4.78 is 0. The average molecular weight is 171 g/mol. The van der Waals surface area contributed by atoms with Gasteiger partial charge in [0.2, 0.25) is 5.06 Å². The van der Waals surface area contributed by atoms with Gasteiger partial charge in [-0.05, 0) is 17.5 Å². The second-order valence-corrected chi connectivity index (χ2v) is 2.51. The van der Waals surface area contributed by atoms with E-state index in [1.807, 2.05) is 5.38 Å². The minimum atomic E-state index is -1.12. The molecule has 0 saturated heterocycles. The SMILES string of the molecule is O=C(O)C=NOc1cccs1. The van der Waals surface area contributed by atoms with E-state index in [0.717, 1.165) is 0 Å². The molecule has 0 amide bonds. The molecule has 11 heavy (non-hydrogen) atoms. The third-order valence-corrected chi connectivity index (χ3v) is 1.54. The Kier molecular flexibility index (Phi) is 2.62. The van der Waals surface area contributed by atoms with Crippen LogP contribution in [-0.4, -0.2) is 17.3 Å². The molecule has 1 aromatic heterocycles. The van der Waals surface area contributed by atoms with Gasteiger partial charge in [0.25, 0.3) is 0 Å². The first-order valence-electron chi connectivity index (χ1n) is 2.76. The molecule has 0 aliphatic heterocycles. The van der Waals surface area contributed by atoms with Crippen LogP contribution in [-0.2, 0) is 4.79 Å². The molecule has 0 saturated carbocycles. The standard InChI is InChI=1S/C6H5NO3S/c8-5(9)4-7-10-6-2-1-3-11-6/h1-4H,(H,8,9). The molecule has 4 nitrogen and oxygen atoms in total. The summed E-state index contributed by atoms with van der Waals surface area (Å²) in [5.41, 5.74) is 0. The molecule has 0 unspecified atom stereocenters. The van der Waals surface area contributed by atoms with E-state index in [1.165, 1.54) is 11.3 Å². The average Bonchev–Trinajstić information content (AvgIpc) is 2.39. The van der Waals surface area contributed by atoms with Crippen LogP contribution in [0, 0.1) is 0 Å². The number of rotatable bonds is 3. The number of hydrogen-bond acceptors (Lipinski definition) is 4. The van der Waals surface area contributed by atoms with Gasteiger partial charge in [-0.15, -0.1) is 11.3 Å². The number of carboxylic acid groups (broad SMARTS) is 1. The predicted molar refractivity (Wildman–Crippen MR) is 41.1 cm³/mol. The third kappa shape index (κ3) is 2.81. The van der Waals surface area contributed by atoms with Crippen LogP contribution in [0.3, 0.4) is 0 Å². The lowest BCUT2D eigenvalue weighted by Crippen LogP contribution is -1.96. The first-order valence-corrected chi connectivity index (χ1v) is 3.64. The van der Waals surface area contributed by atoms with E-state index in [2.05, 4.69) is 9.99 Å². The molecule has 0 radical (unpaired) electrons. The Morgan fingerprint density at radius 3 is 3.18 bits per heavy atom. The van der Waals surface area contributed by atoms with E-state index in [-0.39, 0.29) is 0 Å². The molecule has 1 N–H and O–H groups in total. The lowest BCUT2D eigenvalue weighted by atomic mass is 10.7. The molecular formula is C6H5NO3S. The first kappa shape index (κ1) is 7.74. The topological polar surface area (TPSA) is 58.9 Å². The van der Waals surface area contributed by atoms with Crippen molar-refractivity contribution in [2.24, 2.45) is 5.16 Å². The van der Waals surface area contributed by atoms with Crippen molar-refractivity contribution >= 4 is 23.5 Å². The van der Waals surface area contributed by atoms with Gasteiger partial charge >= 0.3 is 5.97 Å². The largest absolute Gasteiger partial charge is 0.477 e. The van der Waals surface area contributed by atoms with Crippen LogP contribution in [0.1, 0.15) is 0 Å². The van der Waals surface area contributed by atoms with Crippen LogP contribution < -0.4 is 4.84 Å². The van der Waals surface area contributed by atoms with Gasteiger partial charge in [0, 0.05) is 0 Å². The Balaban J connectivity index is 2.40. The molecule has 1 heterocycles. The number of nitrogens with zero attached hydrogens (tertiary/aromatic N) is 1. The van der Waals surface area contributed by atoms with E-state index in [0.29, 0.717) is 11.3 Å². The molecule has 0 spiro atoms. The van der Waals surface area contributed by atoms with Gasteiger partial charge in [-0.1, -0.05) is 5.16 Å².